The van der Waals surface area contributed by atoms with Gasteiger partial charge in [-0.1, -0.05) is 40.2 Å². The maximum atomic E-state index is 12.7. The lowest BCUT2D eigenvalue weighted by Gasteiger charge is -2.57. The van der Waals surface area contributed by atoms with Gasteiger partial charge in [0.1, 0.15) is 0 Å². The van der Waals surface area contributed by atoms with Gasteiger partial charge in [0.2, 0.25) is 11.2 Å². The molecule has 0 radical (unpaired) electrons. The van der Waals surface area contributed by atoms with Crippen molar-refractivity contribution < 1.29 is 14.3 Å². The summed E-state index contributed by atoms with van der Waals surface area (Å²) in [6.07, 6.45) is 11.8. The fourth-order valence-corrected chi connectivity index (χ4v) is 7.66. The molecule has 5 heteroatoms. The highest BCUT2D eigenvalue weighted by Crippen LogP contribution is 2.65. The van der Waals surface area contributed by atoms with Gasteiger partial charge < -0.3 is 5.32 Å². The standard InChI is InChI=1S/C24H36NO3P/c1-22(2,3)21(26)25-20-9-8-18-17-7-6-15-14-16(29(27)28)10-12-23(15,4)19(17)11-13-24(18,20)5/h10,14,17-20H,6-9,11-13H2,1-5H3,(H-,25,26,27,28)/p+1/t17-,18-,19+,20?,23-,24-/m0/s1. The largest absolute Gasteiger partial charge is 0.545 e. The number of allylic oxidation sites excluding steroid dienone is 4. The molecule has 160 valence electrons. The Balaban J connectivity index is 1.55. The van der Waals surface area contributed by atoms with E-state index >= 15 is 0 Å². The van der Waals surface area contributed by atoms with Crippen molar-refractivity contribution in [1.29, 1.82) is 0 Å². The van der Waals surface area contributed by atoms with Gasteiger partial charge in [-0.05, 0) is 90.2 Å². The second-order valence-corrected chi connectivity index (χ2v) is 12.6. The van der Waals surface area contributed by atoms with Gasteiger partial charge in [0.05, 0.1) is 0 Å². The molecule has 3 saturated carbocycles. The van der Waals surface area contributed by atoms with E-state index in [4.69, 9.17) is 0 Å². The third-order valence-electron chi connectivity index (χ3n) is 9.00. The zero-order chi connectivity index (χ0) is 21.2. The lowest BCUT2D eigenvalue weighted by atomic mass is 9.47. The summed E-state index contributed by atoms with van der Waals surface area (Å²) < 4.78 is 11.6. The maximum absolute atomic E-state index is 12.7. The molecule has 0 saturated heterocycles. The highest BCUT2D eigenvalue weighted by molar-refractivity contribution is 7.43. The molecule has 0 aromatic heterocycles. The molecule has 0 aromatic rings. The van der Waals surface area contributed by atoms with Gasteiger partial charge in [-0.25, -0.2) is 0 Å². The van der Waals surface area contributed by atoms with Gasteiger partial charge >= 0.3 is 8.03 Å². The van der Waals surface area contributed by atoms with E-state index < -0.39 is 8.03 Å². The van der Waals surface area contributed by atoms with Crippen LogP contribution in [0.1, 0.15) is 79.6 Å². The van der Waals surface area contributed by atoms with Crippen LogP contribution in [0.25, 0.3) is 0 Å². The maximum Gasteiger partial charge on any atom is 0.545 e. The second kappa shape index (κ2) is 7.02. The van der Waals surface area contributed by atoms with Crippen molar-refractivity contribution in [3.8, 4) is 0 Å². The van der Waals surface area contributed by atoms with Gasteiger partial charge in [0.25, 0.3) is 0 Å². The summed E-state index contributed by atoms with van der Waals surface area (Å²) in [5.41, 5.74) is 1.38. The molecule has 0 bridgehead atoms. The zero-order valence-electron chi connectivity index (χ0n) is 18.6. The van der Waals surface area contributed by atoms with Crippen LogP contribution >= 0.6 is 8.03 Å². The van der Waals surface area contributed by atoms with Crippen molar-refractivity contribution in [3.63, 3.8) is 0 Å². The van der Waals surface area contributed by atoms with Crippen LogP contribution in [0.2, 0.25) is 0 Å². The molecular formula is C24H37NO3P+. The number of carbonyl (C=O) groups excluding carboxylic acids is 1. The first-order valence-electron chi connectivity index (χ1n) is 11.3. The van der Waals surface area contributed by atoms with Crippen LogP contribution in [-0.4, -0.2) is 16.8 Å². The summed E-state index contributed by atoms with van der Waals surface area (Å²) in [4.78, 5) is 22.2. The zero-order valence-corrected chi connectivity index (χ0v) is 19.5. The van der Waals surface area contributed by atoms with Crippen LogP contribution in [0, 0.1) is 34.0 Å². The van der Waals surface area contributed by atoms with Crippen molar-refractivity contribution in [3.05, 3.63) is 23.0 Å². The van der Waals surface area contributed by atoms with Crippen molar-refractivity contribution in [2.45, 2.75) is 85.6 Å². The molecular weight excluding hydrogens is 381 g/mol. The number of fused-ring (bicyclic) bond motifs is 5. The minimum atomic E-state index is -2.24. The Morgan fingerprint density at radius 2 is 1.90 bits per heavy atom. The van der Waals surface area contributed by atoms with Gasteiger partial charge in [0, 0.05) is 11.5 Å². The highest BCUT2D eigenvalue weighted by atomic mass is 31.1. The molecule has 4 rings (SSSR count). The summed E-state index contributed by atoms with van der Waals surface area (Å²) in [6.45, 7) is 10.8. The monoisotopic (exact) mass is 418 g/mol. The Labute approximate surface area is 176 Å². The molecule has 29 heavy (non-hydrogen) atoms. The van der Waals surface area contributed by atoms with Gasteiger partial charge in [-0.15, -0.1) is 0 Å². The molecule has 2 unspecified atom stereocenters. The van der Waals surface area contributed by atoms with E-state index in [1.165, 1.54) is 31.3 Å². The molecule has 0 aromatic carbocycles. The van der Waals surface area contributed by atoms with E-state index in [0.717, 1.165) is 19.3 Å². The number of amides is 1. The fraction of sp³-hybridized carbons (Fsp3) is 0.792. The third kappa shape index (κ3) is 3.35. The molecule has 2 N–H and O–H groups in total. The van der Waals surface area contributed by atoms with Gasteiger partial charge in [-0.2, -0.15) is 4.89 Å². The van der Waals surface area contributed by atoms with Crippen molar-refractivity contribution in [2.75, 3.05) is 0 Å². The molecule has 4 nitrogen and oxygen atoms in total. The average molecular weight is 419 g/mol. The molecule has 7 atom stereocenters. The summed E-state index contributed by atoms with van der Waals surface area (Å²) in [5, 5.41) is 4.04. The number of carbonyl (C=O) groups is 1. The van der Waals surface area contributed by atoms with Crippen LogP contribution in [0.3, 0.4) is 0 Å². The average Bonchev–Trinajstić information content (AvgIpc) is 2.96. The van der Waals surface area contributed by atoms with E-state index in [1.807, 2.05) is 32.9 Å². The minimum Gasteiger partial charge on any atom is -0.352 e. The van der Waals surface area contributed by atoms with E-state index in [9.17, 15) is 14.3 Å². The first-order chi connectivity index (χ1) is 13.5. The number of hydrogen-bond donors (Lipinski definition) is 2. The molecule has 0 heterocycles. The Hall–Kier alpha value is -0.990. The number of hydrogen-bond acceptors (Lipinski definition) is 2. The Morgan fingerprint density at radius 1 is 1.17 bits per heavy atom. The second-order valence-electron chi connectivity index (χ2n) is 11.5. The molecule has 0 aliphatic heterocycles. The SMILES string of the molecule is CC(C)(C)C(=O)NC1CC[C@H]2[C@@H]3CCC4=CC([P+](=O)O)=CC[C@]4(C)[C@@H]3CC[C@]12C. The van der Waals surface area contributed by atoms with Crippen molar-refractivity contribution >= 4 is 13.9 Å². The normalized spacial score (nSPS) is 42.1. The highest BCUT2D eigenvalue weighted by Gasteiger charge is 2.59. The fourth-order valence-electron chi connectivity index (χ4n) is 7.15. The van der Waals surface area contributed by atoms with E-state index in [0.29, 0.717) is 29.1 Å². The van der Waals surface area contributed by atoms with E-state index in [2.05, 4.69) is 19.2 Å². The van der Waals surface area contributed by atoms with Gasteiger partial charge in [-0.3, -0.25) is 4.79 Å². The smallest absolute Gasteiger partial charge is 0.352 e. The van der Waals surface area contributed by atoms with Crippen LogP contribution in [0.5, 0.6) is 0 Å². The van der Waals surface area contributed by atoms with Crippen LogP contribution in [0.4, 0.5) is 0 Å². The summed E-state index contributed by atoms with van der Waals surface area (Å²) in [7, 11) is -2.24. The Kier molecular flexibility index (Phi) is 5.15. The lowest BCUT2D eigenvalue weighted by Crippen LogP contribution is -2.54. The quantitative estimate of drug-likeness (QED) is 0.565. The molecule has 4 aliphatic rings. The van der Waals surface area contributed by atoms with E-state index in [1.54, 1.807) is 0 Å². The topological polar surface area (TPSA) is 66.4 Å². The summed E-state index contributed by atoms with van der Waals surface area (Å²) in [5.74, 6) is 2.19. The Morgan fingerprint density at radius 3 is 2.55 bits per heavy atom. The molecule has 3 fully saturated rings. The third-order valence-corrected chi connectivity index (χ3v) is 9.75. The van der Waals surface area contributed by atoms with Crippen molar-refractivity contribution in [1.82, 2.24) is 5.32 Å². The number of rotatable bonds is 2. The molecule has 0 spiro atoms. The summed E-state index contributed by atoms with van der Waals surface area (Å²) >= 11 is 0. The first-order valence-corrected chi connectivity index (χ1v) is 12.6. The van der Waals surface area contributed by atoms with Gasteiger partial charge in [0.15, 0.2) is 0 Å². The Bertz CT molecular complexity index is 794. The number of nitrogens with one attached hydrogen (secondary N) is 1. The van der Waals surface area contributed by atoms with Crippen molar-refractivity contribution in [2.24, 2.45) is 34.0 Å². The first kappa shape index (κ1) is 21.2. The molecule has 4 aliphatic carbocycles. The van der Waals surface area contributed by atoms with Crippen LogP contribution in [0.15, 0.2) is 23.0 Å². The van der Waals surface area contributed by atoms with Crippen LogP contribution in [-0.2, 0) is 9.36 Å². The molecule has 1 amide bonds. The van der Waals surface area contributed by atoms with Crippen LogP contribution < -0.4 is 5.32 Å². The van der Waals surface area contributed by atoms with E-state index in [-0.39, 0.29) is 22.2 Å². The lowest BCUT2D eigenvalue weighted by molar-refractivity contribution is -0.131. The summed E-state index contributed by atoms with van der Waals surface area (Å²) in [6, 6.07) is 0.293. The predicted octanol–water partition coefficient (Wildman–Crippen LogP) is 5.71. The minimum absolute atomic E-state index is 0.131. The predicted molar refractivity (Wildman–Crippen MR) is 116 cm³/mol.